The highest BCUT2D eigenvalue weighted by atomic mass is 127. The highest BCUT2D eigenvalue weighted by molar-refractivity contribution is 14.0. The summed E-state index contributed by atoms with van der Waals surface area (Å²) in [6, 6.07) is 7.84. The first kappa shape index (κ1) is 20.3. The Hall–Kier alpha value is -0.730. The van der Waals surface area contributed by atoms with E-state index in [2.05, 4.69) is 22.1 Å². The van der Waals surface area contributed by atoms with Crippen LogP contribution in [0.25, 0.3) is 0 Å². The minimum absolute atomic E-state index is 0. The van der Waals surface area contributed by atoms with Crippen molar-refractivity contribution in [3.63, 3.8) is 0 Å². The molecule has 0 aromatic heterocycles. The lowest BCUT2D eigenvalue weighted by Crippen LogP contribution is -2.37. The van der Waals surface area contributed by atoms with Crippen LogP contribution in [0, 0.1) is 0 Å². The average molecular weight is 453 g/mol. The fourth-order valence-electron chi connectivity index (χ4n) is 2.66. The second-order valence-corrected chi connectivity index (χ2v) is 5.82. The van der Waals surface area contributed by atoms with Crippen LogP contribution in [0.4, 0.5) is 0 Å². The van der Waals surface area contributed by atoms with Gasteiger partial charge >= 0.3 is 0 Å². The lowest BCUT2D eigenvalue weighted by atomic mass is 10.2. The summed E-state index contributed by atoms with van der Waals surface area (Å²) in [4.78, 5) is 6.89. The molecule has 1 saturated heterocycles. The number of rotatable bonds is 7. The first-order valence-corrected chi connectivity index (χ1v) is 8.23. The predicted octanol–water partition coefficient (Wildman–Crippen LogP) is 2.73. The number of hydrogen-bond acceptors (Lipinski definition) is 3. The highest BCUT2D eigenvalue weighted by Crippen LogP contribution is 2.16. The molecule has 130 valence electrons. The van der Waals surface area contributed by atoms with Gasteiger partial charge in [-0.05, 0) is 50.2 Å². The minimum Gasteiger partial charge on any atom is -0.492 e. The molecule has 1 fully saturated rings. The number of benzene rings is 1. The Kier molecular flexibility index (Phi) is 9.66. The van der Waals surface area contributed by atoms with E-state index in [9.17, 15) is 0 Å². The largest absolute Gasteiger partial charge is 0.492 e. The highest BCUT2D eigenvalue weighted by Gasteiger charge is 2.22. The number of nitrogens with zero attached hydrogens (tertiary/aromatic N) is 2. The number of ether oxygens (including phenoxy) is 1. The summed E-state index contributed by atoms with van der Waals surface area (Å²) in [6.07, 6.45) is 2.47. The molecule has 1 unspecified atom stereocenters. The van der Waals surface area contributed by atoms with E-state index < -0.39 is 0 Å². The molecule has 3 N–H and O–H groups in total. The molecule has 7 heteroatoms. The molecular weight excluding hydrogens is 427 g/mol. The van der Waals surface area contributed by atoms with Gasteiger partial charge in [-0.15, -0.1) is 24.0 Å². The van der Waals surface area contributed by atoms with Gasteiger partial charge in [-0.25, -0.2) is 0 Å². The van der Waals surface area contributed by atoms with E-state index in [1.807, 2.05) is 12.1 Å². The van der Waals surface area contributed by atoms with Crippen molar-refractivity contribution in [3.8, 4) is 5.75 Å². The number of halogens is 2. The molecule has 0 spiro atoms. The monoisotopic (exact) mass is 452 g/mol. The van der Waals surface area contributed by atoms with Gasteiger partial charge in [0.2, 0.25) is 0 Å². The SMILES string of the molecule is CCN1CCCC1CN=C(N)NCCOc1ccc(Cl)cc1.I. The molecule has 1 aromatic rings. The number of hydrogen-bond donors (Lipinski definition) is 2. The fraction of sp³-hybridized carbons (Fsp3) is 0.562. The van der Waals surface area contributed by atoms with Crippen molar-refractivity contribution in [2.24, 2.45) is 10.7 Å². The maximum absolute atomic E-state index is 5.89. The van der Waals surface area contributed by atoms with Crippen LogP contribution in [0.1, 0.15) is 19.8 Å². The summed E-state index contributed by atoms with van der Waals surface area (Å²) in [6.45, 7) is 6.38. The first-order chi connectivity index (χ1) is 10.7. The zero-order valence-corrected chi connectivity index (χ0v) is 16.6. The van der Waals surface area contributed by atoms with Crippen molar-refractivity contribution >= 4 is 41.5 Å². The molecule has 0 radical (unpaired) electrons. The van der Waals surface area contributed by atoms with Gasteiger partial charge in [-0.2, -0.15) is 0 Å². The van der Waals surface area contributed by atoms with Crippen molar-refractivity contribution in [2.45, 2.75) is 25.8 Å². The summed E-state index contributed by atoms with van der Waals surface area (Å²) in [7, 11) is 0. The Morgan fingerprint density at radius 1 is 1.43 bits per heavy atom. The van der Waals surface area contributed by atoms with E-state index in [0.29, 0.717) is 30.2 Å². The molecular formula is C16H26ClIN4O. The van der Waals surface area contributed by atoms with Crippen LogP contribution in [0.3, 0.4) is 0 Å². The van der Waals surface area contributed by atoms with Crippen molar-refractivity contribution < 1.29 is 4.74 Å². The second kappa shape index (κ2) is 10.9. The molecule has 1 heterocycles. The van der Waals surface area contributed by atoms with E-state index in [1.54, 1.807) is 12.1 Å². The fourth-order valence-corrected chi connectivity index (χ4v) is 2.78. The molecule has 1 aliphatic rings. The van der Waals surface area contributed by atoms with Crippen LogP contribution in [0.15, 0.2) is 29.3 Å². The van der Waals surface area contributed by atoms with Crippen LogP contribution in [0.5, 0.6) is 5.75 Å². The van der Waals surface area contributed by atoms with Crippen molar-refractivity contribution in [3.05, 3.63) is 29.3 Å². The third-order valence-corrected chi connectivity index (χ3v) is 4.12. The number of nitrogens with one attached hydrogen (secondary N) is 1. The van der Waals surface area contributed by atoms with Gasteiger partial charge in [0, 0.05) is 11.1 Å². The predicted molar refractivity (Wildman–Crippen MR) is 107 cm³/mol. The summed E-state index contributed by atoms with van der Waals surface area (Å²) in [5.74, 6) is 1.29. The quantitative estimate of drug-likeness (QED) is 0.289. The molecule has 1 aromatic carbocycles. The Balaban J connectivity index is 0.00000264. The van der Waals surface area contributed by atoms with Crippen LogP contribution in [-0.2, 0) is 0 Å². The maximum atomic E-state index is 5.89. The molecule has 2 rings (SSSR count). The molecule has 0 aliphatic carbocycles. The Morgan fingerprint density at radius 3 is 2.87 bits per heavy atom. The molecule has 23 heavy (non-hydrogen) atoms. The van der Waals surface area contributed by atoms with Gasteiger partial charge in [-0.1, -0.05) is 18.5 Å². The number of nitrogens with two attached hydrogens (primary N) is 1. The third-order valence-electron chi connectivity index (χ3n) is 3.87. The smallest absolute Gasteiger partial charge is 0.188 e. The van der Waals surface area contributed by atoms with Gasteiger partial charge in [-0.3, -0.25) is 9.89 Å². The first-order valence-electron chi connectivity index (χ1n) is 7.85. The number of aliphatic imine (C=N–C) groups is 1. The summed E-state index contributed by atoms with van der Waals surface area (Å²) in [5, 5.41) is 3.78. The van der Waals surface area contributed by atoms with Crippen LogP contribution >= 0.6 is 35.6 Å². The van der Waals surface area contributed by atoms with Crippen molar-refractivity contribution in [2.75, 3.05) is 32.8 Å². The Bertz CT molecular complexity index is 483. The zero-order valence-electron chi connectivity index (χ0n) is 13.5. The van der Waals surface area contributed by atoms with Gasteiger partial charge in [0.05, 0.1) is 13.1 Å². The zero-order chi connectivity index (χ0) is 15.8. The van der Waals surface area contributed by atoms with Crippen LogP contribution in [-0.4, -0.2) is 49.7 Å². The number of guanidine groups is 1. The number of likely N-dealkylation sites (tertiary alicyclic amines) is 1. The summed E-state index contributed by atoms with van der Waals surface area (Å²) in [5.41, 5.74) is 5.89. The average Bonchev–Trinajstić information content (AvgIpc) is 2.99. The topological polar surface area (TPSA) is 62.9 Å². The third kappa shape index (κ3) is 7.14. The normalized spacial score (nSPS) is 18.5. The van der Waals surface area contributed by atoms with Gasteiger partial charge in [0.1, 0.15) is 12.4 Å². The standard InChI is InChI=1S/C16H25ClN4O.HI/c1-2-21-10-3-4-14(21)12-20-16(18)19-9-11-22-15-7-5-13(17)6-8-15;/h5-8,14H,2-4,9-12H2,1H3,(H3,18,19,20);1H. The van der Waals surface area contributed by atoms with Crippen molar-refractivity contribution in [1.82, 2.24) is 10.2 Å². The molecule has 0 saturated carbocycles. The van der Waals surface area contributed by atoms with Crippen molar-refractivity contribution in [1.29, 1.82) is 0 Å². The second-order valence-electron chi connectivity index (χ2n) is 5.38. The Morgan fingerprint density at radius 2 is 2.17 bits per heavy atom. The molecule has 0 bridgehead atoms. The van der Waals surface area contributed by atoms with Crippen LogP contribution < -0.4 is 15.8 Å². The molecule has 5 nitrogen and oxygen atoms in total. The maximum Gasteiger partial charge on any atom is 0.188 e. The number of likely N-dealkylation sites (N-methyl/N-ethyl adjacent to an activating group) is 1. The minimum atomic E-state index is 0. The van der Waals surface area contributed by atoms with E-state index in [4.69, 9.17) is 22.1 Å². The van der Waals surface area contributed by atoms with Gasteiger partial charge in [0.25, 0.3) is 0 Å². The van der Waals surface area contributed by atoms with Gasteiger partial charge in [0.15, 0.2) is 5.96 Å². The van der Waals surface area contributed by atoms with Gasteiger partial charge < -0.3 is 15.8 Å². The Labute approximate surface area is 160 Å². The van der Waals surface area contributed by atoms with Crippen LogP contribution in [0.2, 0.25) is 5.02 Å². The molecule has 1 atom stereocenters. The van der Waals surface area contributed by atoms with E-state index in [0.717, 1.165) is 18.8 Å². The molecule has 1 aliphatic heterocycles. The van der Waals surface area contributed by atoms with E-state index in [1.165, 1.54) is 19.4 Å². The summed E-state index contributed by atoms with van der Waals surface area (Å²) >= 11 is 5.82. The molecule has 0 amide bonds. The van der Waals surface area contributed by atoms with E-state index >= 15 is 0 Å². The lowest BCUT2D eigenvalue weighted by Gasteiger charge is -2.20. The lowest BCUT2D eigenvalue weighted by molar-refractivity contribution is 0.273. The summed E-state index contributed by atoms with van der Waals surface area (Å²) < 4.78 is 5.58. The van der Waals surface area contributed by atoms with E-state index in [-0.39, 0.29) is 24.0 Å².